The maximum atomic E-state index is 6.33. The van der Waals surface area contributed by atoms with Crippen molar-refractivity contribution in [2.75, 3.05) is 4.90 Å². The van der Waals surface area contributed by atoms with Gasteiger partial charge in [-0.25, -0.2) is 0 Å². The zero-order valence-electron chi connectivity index (χ0n) is 26.8. The minimum Gasteiger partial charge on any atom is -0.456 e. The topological polar surface area (TPSA) is 42.7 Å². The normalized spacial score (nSPS) is 12.0. The van der Waals surface area contributed by atoms with E-state index in [0.717, 1.165) is 99.4 Å². The van der Waals surface area contributed by atoms with Crippen LogP contribution in [0.15, 0.2) is 177 Å². The van der Waals surface area contributed by atoms with Crippen LogP contribution in [0.3, 0.4) is 0 Å². The standard InChI is InChI=1S/C46H27NO3/c1-4-10-41-35(7-1)38-21-19-33(26-45(38)49-41)47(34-20-22-39-36-8-2-5-11-42(36)50-46(39)27-34)32-17-15-28(16-18-32)29-13-14-30-25-44-40(24-31(30)23-29)37-9-3-6-12-43(37)48-44/h1-27H. The summed E-state index contributed by atoms with van der Waals surface area (Å²) < 4.78 is 18.8. The second-order valence-corrected chi connectivity index (χ2v) is 12.9. The molecule has 0 bridgehead atoms. The van der Waals surface area contributed by atoms with Crippen molar-refractivity contribution in [3.05, 3.63) is 164 Å². The Morgan fingerprint density at radius 1 is 0.280 bits per heavy atom. The van der Waals surface area contributed by atoms with Gasteiger partial charge >= 0.3 is 0 Å². The number of furan rings is 3. The third-order valence-electron chi connectivity index (χ3n) is 10.0. The molecular formula is C46H27NO3. The molecule has 3 heterocycles. The molecule has 11 aromatic rings. The Balaban J connectivity index is 1.04. The van der Waals surface area contributed by atoms with E-state index in [0.29, 0.717) is 0 Å². The molecule has 0 radical (unpaired) electrons. The molecule has 0 unspecified atom stereocenters. The average Bonchev–Trinajstić information content (AvgIpc) is 3.84. The van der Waals surface area contributed by atoms with Gasteiger partial charge in [-0.05, 0) is 94.7 Å². The lowest BCUT2D eigenvalue weighted by Crippen LogP contribution is -2.09. The minimum atomic E-state index is 0.853. The van der Waals surface area contributed by atoms with Gasteiger partial charge in [-0.15, -0.1) is 0 Å². The van der Waals surface area contributed by atoms with E-state index in [9.17, 15) is 0 Å². The summed E-state index contributed by atoms with van der Waals surface area (Å²) in [6.07, 6.45) is 0. The lowest BCUT2D eigenvalue weighted by Gasteiger charge is -2.25. The number of para-hydroxylation sites is 3. The van der Waals surface area contributed by atoms with Gasteiger partial charge < -0.3 is 18.2 Å². The van der Waals surface area contributed by atoms with Gasteiger partial charge in [0.25, 0.3) is 0 Å². The Labute approximate surface area is 286 Å². The molecule has 50 heavy (non-hydrogen) atoms. The Kier molecular flexibility index (Phi) is 5.63. The summed E-state index contributed by atoms with van der Waals surface area (Å²) in [5.41, 5.74) is 10.7. The van der Waals surface area contributed by atoms with Crippen molar-refractivity contribution in [1.29, 1.82) is 0 Å². The van der Waals surface area contributed by atoms with Gasteiger partial charge in [0.15, 0.2) is 0 Å². The van der Waals surface area contributed by atoms with E-state index >= 15 is 0 Å². The fourth-order valence-corrected chi connectivity index (χ4v) is 7.61. The van der Waals surface area contributed by atoms with Crippen LogP contribution >= 0.6 is 0 Å². The number of hydrogen-bond acceptors (Lipinski definition) is 4. The number of anilines is 3. The van der Waals surface area contributed by atoms with Crippen molar-refractivity contribution in [2.45, 2.75) is 0 Å². The summed E-state index contributed by atoms with van der Waals surface area (Å²) in [6, 6.07) is 57.4. The molecule has 11 rings (SSSR count). The van der Waals surface area contributed by atoms with E-state index in [4.69, 9.17) is 13.3 Å². The smallest absolute Gasteiger partial charge is 0.137 e. The molecule has 0 amide bonds. The minimum absolute atomic E-state index is 0.853. The number of fused-ring (bicyclic) bond motifs is 10. The van der Waals surface area contributed by atoms with Crippen molar-refractivity contribution < 1.29 is 13.3 Å². The fraction of sp³-hybridized carbons (Fsp3) is 0. The lowest BCUT2D eigenvalue weighted by molar-refractivity contribution is 0.668. The molecule has 0 N–H and O–H groups in total. The van der Waals surface area contributed by atoms with Crippen molar-refractivity contribution in [1.82, 2.24) is 0 Å². The average molecular weight is 642 g/mol. The molecule has 8 aromatic carbocycles. The first-order valence-corrected chi connectivity index (χ1v) is 16.8. The highest BCUT2D eigenvalue weighted by Gasteiger charge is 2.18. The van der Waals surface area contributed by atoms with Crippen LogP contribution in [0.25, 0.3) is 87.7 Å². The summed E-state index contributed by atoms with van der Waals surface area (Å²) in [7, 11) is 0. The van der Waals surface area contributed by atoms with E-state index in [1.54, 1.807) is 0 Å². The molecule has 0 aliphatic rings. The molecule has 0 aliphatic heterocycles. The van der Waals surface area contributed by atoms with Crippen LogP contribution in [0, 0.1) is 0 Å². The predicted octanol–water partition coefficient (Wildman–Crippen LogP) is 13.7. The molecular weight excluding hydrogens is 615 g/mol. The Bertz CT molecular complexity index is 2990. The predicted molar refractivity (Wildman–Crippen MR) is 206 cm³/mol. The van der Waals surface area contributed by atoms with Crippen LogP contribution < -0.4 is 4.90 Å². The molecule has 4 heteroatoms. The van der Waals surface area contributed by atoms with Crippen molar-refractivity contribution in [3.63, 3.8) is 0 Å². The fourth-order valence-electron chi connectivity index (χ4n) is 7.61. The van der Waals surface area contributed by atoms with Crippen LogP contribution in [-0.2, 0) is 0 Å². The zero-order chi connectivity index (χ0) is 32.8. The van der Waals surface area contributed by atoms with Gasteiger partial charge in [0.2, 0.25) is 0 Å². The quantitative estimate of drug-likeness (QED) is 0.192. The highest BCUT2D eigenvalue weighted by Crippen LogP contribution is 2.41. The van der Waals surface area contributed by atoms with Gasteiger partial charge in [0, 0.05) is 61.5 Å². The first kappa shape index (κ1) is 27.2. The highest BCUT2D eigenvalue weighted by atomic mass is 16.3. The largest absolute Gasteiger partial charge is 0.456 e. The van der Waals surface area contributed by atoms with Gasteiger partial charge in [-0.3, -0.25) is 0 Å². The van der Waals surface area contributed by atoms with Crippen molar-refractivity contribution in [3.8, 4) is 11.1 Å². The van der Waals surface area contributed by atoms with Crippen LogP contribution in [0.5, 0.6) is 0 Å². The third kappa shape index (κ3) is 4.12. The highest BCUT2D eigenvalue weighted by molar-refractivity contribution is 6.11. The number of nitrogens with zero attached hydrogens (tertiary/aromatic N) is 1. The first-order valence-electron chi connectivity index (χ1n) is 16.8. The van der Waals surface area contributed by atoms with E-state index < -0.39 is 0 Å². The van der Waals surface area contributed by atoms with Crippen molar-refractivity contribution >= 4 is 93.7 Å². The van der Waals surface area contributed by atoms with E-state index in [1.807, 2.05) is 36.4 Å². The number of rotatable bonds is 4. The molecule has 0 saturated heterocycles. The zero-order valence-corrected chi connectivity index (χ0v) is 26.8. The summed E-state index contributed by atoms with van der Waals surface area (Å²) in [4.78, 5) is 2.27. The second-order valence-electron chi connectivity index (χ2n) is 12.9. The summed E-state index contributed by atoms with van der Waals surface area (Å²) in [5.74, 6) is 0. The van der Waals surface area contributed by atoms with Gasteiger partial charge in [-0.2, -0.15) is 0 Å². The third-order valence-corrected chi connectivity index (χ3v) is 10.0. The van der Waals surface area contributed by atoms with Gasteiger partial charge in [0.1, 0.15) is 33.5 Å². The molecule has 0 spiro atoms. The Hall–Kier alpha value is -6.78. The summed E-state index contributed by atoms with van der Waals surface area (Å²) in [6.45, 7) is 0. The van der Waals surface area contributed by atoms with E-state index in [2.05, 4.69) is 132 Å². The molecule has 0 atom stereocenters. The monoisotopic (exact) mass is 641 g/mol. The number of hydrogen-bond donors (Lipinski definition) is 0. The number of benzene rings is 8. The molecule has 0 aliphatic carbocycles. The van der Waals surface area contributed by atoms with Crippen LogP contribution in [0.4, 0.5) is 17.1 Å². The molecule has 0 fully saturated rings. The molecule has 234 valence electrons. The van der Waals surface area contributed by atoms with Crippen LogP contribution in [0.1, 0.15) is 0 Å². The maximum absolute atomic E-state index is 6.33. The summed E-state index contributed by atoms with van der Waals surface area (Å²) >= 11 is 0. The first-order chi connectivity index (χ1) is 24.7. The molecule has 3 aromatic heterocycles. The second kappa shape index (κ2) is 10.4. The molecule has 0 saturated carbocycles. The molecule has 4 nitrogen and oxygen atoms in total. The van der Waals surface area contributed by atoms with Crippen LogP contribution in [0.2, 0.25) is 0 Å². The van der Waals surface area contributed by atoms with Gasteiger partial charge in [-0.1, -0.05) is 78.9 Å². The Morgan fingerprint density at radius 2 is 0.740 bits per heavy atom. The van der Waals surface area contributed by atoms with E-state index in [1.165, 1.54) is 5.39 Å². The maximum Gasteiger partial charge on any atom is 0.137 e. The Morgan fingerprint density at radius 3 is 1.32 bits per heavy atom. The van der Waals surface area contributed by atoms with E-state index in [-0.39, 0.29) is 0 Å². The SMILES string of the molecule is c1ccc2c(c1)oc1cc(N(c3ccc(-c4ccc5cc6oc7ccccc7c6cc5c4)cc3)c3ccc4c(c3)oc3ccccc34)ccc12. The van der Waals surface area contributed by atoms with Crippen molar-refractivity contribution in [2.24, 2.45) is 0 Å². The van der Waals surface area contributed by atoms with Crippen LogP contribution in [-0.4, -0.2) is 0 Å². The lowest BCUT2D eigenvalue weighted by atomic mass is 9.99. The summed E-state index contributed by atoms with van der Waals surface area (Å²) in [5, 5.41) is 9.06. The van der Waals surface area contributed by atoms with Gasteiger partial charge in [0.05, 0.1) is 0 Å².